The van der Waals surface area contributed by atoms with E-state index in [0.29, 0.717) is 12.8 Å². The molecule has 0 fully saturated rings. The van der Waals surface area contributed by atoms with Gasteiger partial charge >= 0.3 is 0 Å². The molecule has 6 nitrogen and oxygen atoms in total. The standard InChI is InChI=1S/C24H24N4O2/c1-18(19-8-10-21(11-9-19)28-17-25-16-26-28)27(2)24(29)15-13-22-12-14-23(30-22)20-6-4-3-5-7-20/h3-12,14,16-18H,13,15H2,1-2H3/t18-/m0/s1. The van der Waals surface area contributed by atoms with Gasteiger partial charge in [0.2, 0.25) is 5.91 Å². The third-order valence-electron chi connectivity index (χ3n) is 5.34. The lowest BCUT2D eigenvalue weighted by Crippen LogP contribution is -2.29. The van der Waals surface area contributed by atoms with E-state index in [-0.39, 0.29) is 11.9 Å². The number of furan rings is 1. The Hall–Kier alpha value is -3.67. The van der Waals surface area contributed by atoms with Crippen molar-refractivity contribution in [3.63, 3.8) is 0 Å². The Morgan fingerprint density at radius 2 is 1.83 bits per heavy atom. The van der Waals surface area contributed by atoms with Crippen molar-refractivity contribution in [1.29, 1.82) is 0 Å². The molecule has 30 heavy (non-hydrogen) atoms. The number of nitrogens with zero attached hydrogens (tertiary/aromatic N) is 4. The van der Waals surface area contributed by atoms with Gasteiger partial charge in [-0.15, -0.1) is 0 Å². The van der Waals surface area contributed by atoms with E-state index in [2.05, 4.69) is 10.1 Å². The van der Waals surface area contributed by atoms with Gasteiger partial charge in [0.05, 0.1) is 11.7 Å². The van der Waals surface area contributed by atoms with Gasteiger partial charge in [-0.2, -0.15) is 5.10 Å². The second-order valence-electron chi connectivity index (χ2n) is 7.24. The number of hydrogen-bond acceptors (Lipinski definition) is 4. The van der Waals surface area contributed by atoms with Gasteiger partial charge in [-0.25, -0.2) is 9.67 Å². The Morgan fingerprint density at radius 1 is 1.07 bits per heavy atom. The van der Waals surface area contributed by atoms with Gasteiger partial charge in [0.15, 0.2) is 0 Å². The van der Waals surface area contributed by atoms with Crippen LogP contribution >= 0.6 is 0 Å². The van der Waals surface area contributed by atoms with Crippen LogP contribution in [0.4, 0.5) is 0 Å². The number of aryl methyl sites for hydroxylation is 1. The lowest BCUT2D eigenvalue weighted by atomic mass is 10.1. The van der Waals surface area contributed by atoms with Crippen molar-refractivity contribution in [1.82, 2.24) is 19.7 Å². The number of benzene rings is 2. The number of carbonyl (C=O) groups is 1. The molecule has 0 unspecified atom stereocenters. The molecule has 4 rings (SSSR count). The number of rotatable bonds is 7. The Labute approximate surface area is 175 Å². The van der Waals surface area contributed by atoms with Crippen LogP contribution in [-0.4, -0.2) is 32.6 Å². The fraction of sp³-hybridized carbons (Fsp3) is 0.208. The van der Waals surface area contributed by atoms with Crippen LogP contribution in [0.25, 0.3) is 17.0 Å². The van der Waals surface area contributed by atoms with Crippen molar-refractivity contribution in [3.05, 3.63) is 90.7 Å². The van der Waals surface area contributed by atoms with Crippen LogP contribution in [0, 0.1) is 0 Å². The third kappa shape index (κ3) is 4.33. The zero-order valence-corrected chi connectivity index (χ0v) is 17.1. The van der Waals surface area contributed by atoms with E-state index in [0.717, 1.165) is 28.3 Å². The van der Waals surface area contributed by atoms with Gasteiger partial charge in [-0.3, -0.25) is 4.79 Å². The van der Waals surface area contributed by atoms with Gasteiger partial charge in [0.25, 0.3) is 0 Å². The Bertz CT molecular complexity index is 1090. The minimum atomic E-state index is -0.0289. The summed E-state index contributed by atoms with van der Waals surface area (Å²) in [6.45, 7) is 2.03. The van der Waals surface area contributed by atoms with E-state index >= 15 is 0 Å². The van der Waals surface area contributed by atoms with Crippen LogP contribution in [0.15, 0.2) is 83.8 Å². The van der Waals surface area contributed by atoms with Crippen LogP contribution < -0.4 is 0 Å². The minimum absolute atomic E-state index is 0.0289. The molecule has 0 aliphatic heterocycles. The van der Waals surface area contributed by atoms with Crippen molar-refractivity contribution in [2.45, 2.75) is 25.8 Å². The molecule has 0 aliphatic rings. The fourth-order valence-corrected chi connectivity index (χ4v) is 3.36. The first-order valence-electron chi connectivity index (χ1n) is 9.96. The summed E-state index contributed by atoms with van der Waals surface area (Å²) in [6.07, 6.45) is 4.14. The molecular formula is C24H24N4O2. The molecule has 4 aromatic rings. The Morgan fingerprint density at radius 3 is 2.53 bits per heavy atom. The minimum Gasteiger partial charge on any atom is -0.461 e. The molecule has 0 saturated heterocycles. The van der Waals surface area contributed by atoms with Crippen molar-refractivity contribution < 1.29 is 9.21 Å². The second kappa shape index (κ2) is 8.78. The maximum absolute atomic E-state index is 12.7. The highest BCUT2D eigenvalue weighted by molar-refractivity contribution is 5.76. The monoisotopic (exact) mass is 400 g/mol. The molecule has 2 heterocycles. The first kappa shape index (κ1) is 19.6. The number of amides is 1. The zero-order chi connectivity index (χ0) is 20.9. The van der Waals surface area contributed by atoms with Gasteiger partial charge in [-0.1, -0.05) is 42.5 Å². The van der Waals surface area contributed by atoms with Crippen LogP contribution in [-0.2, 0) is 11.2 Å². The lowest BCUT2D eigenvalue weighted by molar-refractivity contribution is -0.131. The first-order chi connectivity index (χ1) is 14.6. The second-order valence-corrected chi connectivity index (χ2v) is 7.24. The zero-order valence-electron chi connectivity index (χ0n) is 17.1. The highest BCUT2D eigenvalue weighted by atomic mass is 16.3. The molecular weight excluding hydrogens is 376 g/mol. The topological polar surface area (TPSA) is 64.2 Å². The van der Waals surface area contributed by atoms with Crippen LogP contribution in [0.3, 0.4) is 0 Å². The third-order valence-corrected chi connectivity index (χ3v) is 5.34. The molecule has 0 radical (unpaired) electrons. The Kier molecular flexibility index (Phi) is 5.75. The quantitative estimate of drug-likeness (QED) is 0.452. The average Bonchev–Trinajstić information content (AvgIpc) is 3.50. The van der Waals surface area contributed by atoms with E-state index in [1.165, 1.54) is 6.33 Å². The predicted molar refractivity (Wildman–Crippen MR) is 115 cm³/mol. The maximum atomic E-state index is 12.7. The van der Waals surface area contributed by atoms with Crippen LogP contribution in [0.2, 0.25) is 0 Å². The van der Waals surface area contributed by atoms with Crippen molar-refractivity contribution in [3.8, 4) is 17.0 Å². The predicted octanol–water partition coefficient (Wildman–Crippen LogP) is 4.68. The van der Waals surface area contributed by atoms with Crippen molar-refractivity contribution in [2.75, 3.05) is 7.05 Å². The average molecular weight is 400 g/mol. The summed E-state index contributed by atoms with van der Waals surface area (Å²) in [5.41, 5.74) is 3.04. The summed E-state index contributed by atoms with van der Waals surface area (Å²) in [7, 11) is 1.84. The highest BCUT2D eigenvalue weighted by Crippen LogP contribution is 2.24. The summed E-state index contributed by atoms with van der Waals surface area (Å²) >= 11 is 0. The molecule has 0 spiro atoms. The highest BCUT2D eigenvalue weighted by Gasteiger charge is 2.18. The molecule has 0 bridgehead atoms. The summed E-state index contributed by atoms with van der Waals surface area (Å²) < 4.78 is 7.61. The smallest absolute Gasteiger partial charge is 0.223 e. The van der Waals surface area contributed by atoms with E-state index in [4.69, 9.17) is 4.42 Å². The molecule has 0 aliphatic carbocycles. The SMILES string of the molecule is C[C@@H](c1ccc(-n2cncn2)cc1)N(C)C(=O)CCc1ccc(-c2ccccc2)o1. The summed E-state index contributed by atoms with van der Waals surface area (Å²) in [6, 6.07) is 21.8. The molecule has 1 atom stereocenters. The van der Waals surface area contributed by atoms with Crippen molar-refractivity contribution in [2.24, 2.45) is 0 Å². The molecule has 2 aromatic heterocycles. The molecule has 1 amide bonds. The van der Waals surface area contributed by atoms with Gasteiger partial charge in [-0.05, 0) is 36.8 Å². The van der Waals surface area contributed by atoms with Crippen LogP contribution in [0.1, 0.15) is 30.7 Å². The Balaban J connectivity index is 1.35. The summed E-state index contributed by atoms with van der Waals surface area (Å²) in [5, 5.41) is 4.13. The molecule has 0 saturated carbocycles. The van der Waals surface area contributed by atoms with E-state index in [9.17, 15) is 4.79 Å². The maximum Gasteiger partial charge on any atom is 0.223 e. The normalized spacial score (nSPS) is 11.9. The van der Waals surface area contributed by atoms with Gasteiger partial charge in [0.1, 0.15) is 24.2 Å². The van der Waals surface area contributed by atoms with E-state index < -0.39 is 0 Å². The van der Waals surface area contributed by atoms with Crippen molar-refractivity contribution >= 4 is 5.91 Å². The molecule has 152 valence electrons. The summed E-state index contributed by atoms with van der Waals surface area (Å²) in [5.74, 6) is 1.73. The van der Waals surface area contributed by atoms with Gasteiger partial charge < -0.3 is 9.32 Å². The number of aromatic nitrogens is 3. The molecule has 6 heteroatoms. The fourth-order valence-electron chi connectivity index (χ4n) is 3.36. The number of hydrogen-bond donors (Lipinski definition) is 0. The lowest BCUT2D eigenvalue weighted by Gasteiger charge is -2.25. The van der Waals surface area contributed by atoms with E-state index in [1.54, 1.807) is 15.9 Å². The van der Waals surface area contributed by atoms with Gasteiger partial charge in [0, 0.05) is 25.5 Å². The van der Waals surface area contributed by atoms with E-state index in [1.807, 2.05) is 80.7 Å². The molecule has 2 aromatic carbocycles. The molecule has 0 N–H and O–H groups in total. The first-order valence-corrected chi connectivity index (χ1v) is 9.96. The largest absolute Gasteiger partial charge is 0.461 e. The summed E-state index contributed by atoms with van der Waals surface area (Å²) in [4.78, 5) is 18.5. The van der Waals surface area contributed by atoms with Crippen LogP contribution in [0.5, 0.6) is 0 Å². The number of carbonyl (C=O) groups excluding carboxylic acids is 1.